The maximum atomic E-state index is 12.6. The van der Waals surface area contributed by atoms with E-state index in [9.17, 15) is 13.2 Å². The van der Waals surface area contributed by atoms with E-state index in [4.69, 9.17) is 0 Å². The van der Waals surface area contributed by atoms with Gasteiger partial charge in [0.25, 0.3) is 0 Å². The van der Waals surface area contributed by atoms with Gasteiger partial charge in [-0.05, 0) is 49.1 Å². The number of hydrogen-bond acceptors (Lipinski definition) is 1. The van der Waals surface area contributed by atoms with Crippen molar-refractivity contribution in [2.45, 2.75) is 44.4 Å². The fourth-order valence-electron chi connectivity index (χ4n) is 2.72. The molecule has 0 saturated heterocycles. The fraction of sp³-hybridized carbons (Fsp3) is 0.600. The third kappa shape index (κ3) is 3.30. The van der Waals surface area contributed by atoms with Crippen LogP contribution in [0.3, 0.4) is 0 Å². The zero-order valence-corrected chi connectivity index (χ0v) is 10.7. The molecular formula is C15H18F3N. The molecule has 2 fully saturated rings. The van der Waals surface area contributed by atoms with Crippen LogP contribution in [0.25, 0.3) is 0 Å². The van der Waals surface area contributed by atoms with Crippen molar-refractivity contribution in [3.63, 3.8) is 0 Å². The molecule has 104 valence electrons. The summed E-state index contributed by atoms with van der Waals surface area (Å²) < 4.78 is 37.9. The number of alkyl halides is 3. The van der Waals surface area contributed by atoms with Crippen LogP contribution in [0.4, 0.5) is 13.2 Å². The van der Waals surface area contributed by atoms with Crippen molar-refractivity contribution in [1.82, 2.24) is 5.32 Å². The summed E-state index contributed by atoms with van der Waals surface area (Å²) >= 11 is 0. The lowest BCUT2D eigenvalue weighted by atomic mass is 10.1. The number of nitrogens with one attached hydrogen (secondary N) is 1. The fourth-order valence-corrected chi connectivity index (χ4v) is 2.72. The van der Waals surface area contributed by atoms with Crippen LogP contribution in [0.2, 0.25) is 0 Å². The molecule has 0 bridgehead atoms. The Balaban J connectivity index is 1.62. The number of benzene rings is 1. The minimum absolute atomic E-state index is 0.523. The zero-order chi connectivity index (χ0) is 13.5. The van der Waals surface area contributed by atoms with Crippen molar-refractivity contribution in [3.05, 3.63) is 35.4 Å². The highest BCUT2D eigenvalue weighted by molar-refractivity contribution is 5.25. The third-order valence-corrected chi connectivity index (χ3v) is 4.06. The van der Waals surface area contributed by atoms with Crippen LogP contribution < -0.4 is 5.32 Å². The maximum Gasteiger partial charge on any atom is 0.416 e. The van der Waals surface area contributed by atoms with E-state index in [1.54, 1.807) is 6.07 Å². The highest BCUT2D eigenvalue weighted by Gasteiger charge is 2.41. The van der Waals surface area contributed by atoms with Crippen LogP contribution in [-0.2, 0) is 12.7 Å². The predicted octanol–water partition coefficient (Wildman–Crippen LogP) is 3.98. The van der Waals surface area contributed by atoms with Gasteiger partial charge in [0.05, 0.1) is 5.56 Å². The second kappa shape index (κ2) is 4.82. The quantitative estimate of drug-likeness (QED) is 0.852. The van der Waals surface area contributed by atoms with Crippen molar-refractivity contribution in [1.29, 1.82) is 0 Å². The topological polar surface area (TPSA) is 12.0 Å². The van der Waals surface area contributed by atoms with Gasteiger partial charge in [-0.2, -0.15) is 13.2 Å². The highest BCUT2D eigenvalue weighted by atomic mass is 19.4. The molecular weight excluding hydrogens is 251 g/mol. The van der Waals surface area contributed by atoms with Crippen molar-refractivity contribution >= 4 is 0 Å². The Morgan fingerprint density at radius 3 is 2.26 bits per heavy atom. The summed E-state index contributed by atoms with van der Waals surface area (Å²) in [7, 11) is 0. The van der Waals surface area contributed by atoms with Crippen molar-refractivity contribution < 1.29 is 13.2 Å². The minimum atomic E-state index is -4.25. The van der Waals surface area contributed by atoms with E-state index >= 15 is 0 Å². The molecule has 1 nitrogen and oxygen atoms in total. The van der Waals surface area contributed by atoms with Gasteiger partial charge in [-0.3, -0.25) is 0 Å². The lowest BCUT2D eigenvalue weighted by Crippen LogP contribution is -2.32. The molecule has 1 aromatic rings. The summed E-state index contributed by atoms with van der Waals surface area (Å²) in [5, 5.41) is 3.47. The molecule has 0 atom stereocenters. The lowest BCUT2D eigenvalue weighted by molar-refractivity contribution is -0.137. The Bertz CT molecular complexity index is 435. The summed E-state index contributed by atoms with van der Waals surface area (Å²) in [6.07, 6.45) is 0.851. The molecule has 0 aliphatic heterocycles. The standard InChI is InChI=1S/C15H18F3N/c16-15(17,18)13-3-1-2-10(8-13)9-19-14(11-4-5-11)12-6-7-12/h1-3,8,11-12,14,19H,4-7,9H2. The highest BCUT2D eigenvalue weighted by Crippen LogP contribution is 2.44. The van der Waals surface area contributed by atoms with Gasteiger partial charge in [-0.15, -0.1) is 0 Å². The van der Waals surface area contributed by atoms with Gasteiger partial charge in [0.15, 0.2) is 0 Å². The second-order valence-electron chi connectivity index (χ2n) is 5.78. The minimum Gasteiger partial charge on any atom is -0.309 e. The van der Waals surface area contributed by atoms with Crippen LogP contribution >= 0.6 is 0 Å². The molecule has 2 saturated carbocycles. The predicted molar refractivity (Wildman–Crippen MR) is 67.5 cm³/mol. The van der Waals surface area contributed by atoms with E-state index < -0.39 is 11.7 Å². The normalized spacial score (nSPS) is 20.0. The Kier molecular flexibility index (Phi) is 3.29. The van der Waals surface area contributed by atoms with Crippen LogP contribution in [0, 0.1) is 11.8 Å². The van der Waals surface area contributed by atoms with Crippen molar-refractivity contribution in [3.8, 4) is 0 Å². The summed E-state index contributed by atoms with van der Waals surface area (Å²) in [6.45, 7) is 0.543. The van der Waals surface area contributed by atoms with Gasteiger partial charge in [0, 0.05) is 12.6 Å². The Morgan fingerprint density at radius 1 is 1.11 bits per heavy atom. The largest absolute Gasteiger partial charge is 0.416 e. The molecule has 0 unspecified atom stereocenters. The first-order chi connectivity index (χ1) is 9.04. The molecule has 4 heteroatoms. The van der Waals surface area contributed by atoms with Gasteiger partial charge in [-0.25, -0.2) is 0 Å². The first-order valence-electron chi connectivity index (χ1n) is 6.93. The van der Waals surface area contributed by atoms with Gasteiger partial charge < -0.3 is 5.32 Å². The molecule has 3 rings (SSSR count). The summed E-state index contributed by atoms with van der Waals surface area (Å²) in [4.78, 5) is 0. The van der Waals surface area contributed by atoms with E-state index in [-0.39, 0.29) is 0 Å². The van der Waals surface area contributed by atoms with E-state index in [0.29, 0.717) is 12.6 Å². The average Bonchev–Trinajstić information content (AvgIpc) is 3.23. The summed E-state index contributed by atoms with van der Waals surface area (Å²) in [5.41, 5.74) is 0.169. The van der Waals surface area contributed by atoms with Crippen molar-refractivity contribution in [2.24, 2.45) is 11.8 Å². The smallest absolute Gasteiger partial charge is 0.309 e. The Labute approximate surface area is 111 Å². The molecule has 0 radical (unpaired) electrons. The molecule has 0 aromatic heterocycles. The van der Waals surface area contributed by atoms with Crippen LogP contribution in [0.5, 0.6) is 0 Å². The monoisotopic (exact) mass is 269 g/mol. The van der Waals surface area contributed by atoms with E-state index in [1.165, 1.54) is 37.8 Å². The Hall–Kier alpha value is -1.03. The summed E-state index contributed by atoms with van der Waals surface area (Å²) in [5.74, 6) is 1.52. The zero-order valence-electron chi connectivity index (χ0n) is 10.7. The van der Waals surface area contributed by atoms with Crippen LogP contribution in [0.15, 0.2) is 24.3 Å². The third-order valence-electron chi connectivity index (χ3n) is 4.06. The van der Waals surface area contributed by atoms with E-state index in [0.717, 1.165) is 23.5 Å². The molecule has 1 aromatic carbocycles. The Morgan fingerprint density at radius 2 is 1.74 bits per heavy atom. The van der Waals surface area contributed by atoms with Gasteiger partial charge >= 0.3 is 6.18 Å². The number of halogens is 3. The first kappa shape index (κ1) is 13.0. The molecule has 0 heterocycles. The molecule has 2 aliphatic carbocycles. The van der Waals surface area contributed by atoms with Gasteiger partial charge in [0.2, 0.25) is 0 Å². The molecule has 0 spiro atoms. The first-order valence-corrected chi connectivity index (χ1v) is 6.93. The second-order valence-corrected chi connectivity index (χ2v) is 5.78. The SMILES string of the molecule is FC(F)(F)c1cccc(CNC(C2CC2)C2CC2)c1. The molecule has 0 amide bonds. The molecule has 1 N–H and O–H groups in total. The molecule has 19 heavy (non-hydrogen) atoms. The van der Waals surface area contributed by atoms with Crippen LogP contribution in [-0.4, -0.2) is 6.04 Å². The van der Waals surface area contributed by atoms with E-state index in [1.807, 2.05) is 0 Å². The van der Waals surface area contributed by atoms with Crippen molar-refractivity contribution in [2.75, 3.05) is 0 Å². The van der Waals surface area contributed by atoms with E-state index in [2.05, 4.69) is 5.32 Å². The molecule has 2 aliphatic rings. The van der Waals surface area contributed by atoms with Gasteiger partial charge in [-0.1, -0.05) is 18.2 Å². The van der Waals surface area contributed by atoms with Crippen LogP contribution in [0.1, 0.15) is 36.8 Å². The maximum absolute atomic E-state index is 12.6. The lowest BCUT2D eigenvalue weighted by Gasteiger charge is -2.18. The number of rotatable bonds is 5. The average molecular weight is 269 g/mol. The summed E-state index contributed by atoms with van der Waals surface area (Å²) in [6, 6.07) is 6.16. The number of hydrogen-bond donors (Lipinski definition) is 1. The van der Waals surface area contributed by atoms with Gasteiger partial charge in [0.1, 0.15) is 0 Å².